The van der Waals surface area contributed by atoms with Crippen molar-refractivity contribution >= 4 is 10.0 Å². The summed E-state index contributed by atoms with van der Waals surface area (Å²) in [6.07, 6.45) is 0. The molecule has 0 aliphatic rings. The molecule has 4 N–H and O–H groups in total. The van der Waals surface area contributed by atoms with Crippen molar-refractivity contribution in [3.63, 3.8) is 0 Å². The number of benzene rings is 1. The van der Waals surface area contributed by atoms with Crippen LogP contribution in [0.1, 0.15) is 11.1 Å². The first kappa shape index (κ1) is 11.1. The van der Waals surface area contributed by atoms with Gasteiger partial charge in [-0.3, -0.25) is 0 Å². The maximum Gasteiger partial charge on any atom is 0.237 e. The quantitative estimate of drug-likeness (QED) is 0.615. The molecular weight excluding hydrogens is 204 g/mol. The molecule has 0 aromatic heterocycles. The second-order valence-corrected chi connectivity index (χ2v) is 4.57. The highest BCUT2D eigenvalue weighted by Crippen LogP contribution is 2.06. The lowest BCUT2D eigenvalue weighted by atomic mass is 10.1. The molecule has 0 fully saturated rings. The zero-order valence-electron chi connectivity index (χ0n) is 7.47. The number of rotatable bonds is 4. The predicted octanol–water partition coefficient (Wildman–Crippen LogP) is -0.0461. The molecule has 0 aliphatic carbocycles. The molecule has 0 unspecified atom stereocenters. The van der Waals surface area contributed by atoms with Gasteiger partial charge in [-0.15, -0.1) is 0 Å². The Morgan fingerprint density at radius 3 is 2.14 bits per heavy atom. The van der Waals surface area contributed by atoms with E-state index in [4.69, 9.17) is 10.9 Å². The van der Waals surface area contributed by atoms with Gasteiger partial charge < -0.3 is 10.9 Å². The molecule has 0 radical (unpaired) electrons. The molecule has 1 aromatic rings. The van der Waals surface area contributed by atoms with Crippen LogP contribution in [0, 0.1) is 0 Å². The third-order valence-electron chi connectivity index (χ3n) is 1.75. The number of nitrogens with one attached hydrogen (secondary N) is 1. The summed E-state index contributed by atoms with van der Waals surface area (Å²) < 4.78 is 21.9. The van der Waals surface area contributed by atoms with Crippen molar-refractivity contribution < 1.29 is 13.6 Å². The summed E-state index contributed by atoms with van der Waals surface area (Å²) in [5.74, 6) is -0.242. The van der Waals surface area contributed by atoms with Gasteiger partial charge in [0.1, 0.15) is 0 Å². The summed E-state index contributed by atoms with van der Waals surface area (Å²) in [6.45, 7) is 0.422. The molecule has 5 nitrogen and oxygen atoms in total. The Bertz CT molecular complexity index is 386. The molecule has 14 heavy (non-hydrogen) atoms. The van der Waals surface area contributed by atoms with Gasteiger partial charge in [0.05, 0.1) is 5.75 Å². The van der Waals surface area contributed by atoms with E-state index in [1.165, 1.54) is 4.89 Å². The molecule has 0 saturated carbocycles. The molecule has 0 saturated heterocycles. The number of hydrogen-bond donors (Lipinski definition) is 3. The topological polar surface area (TPSA) is 92.4 Å². The third-order valence-corrected chi connectivity index (χ3v) is 2.75. The van der Waals surface area contributed by atoms with Gasteiger partial charge in [-0.2, -0.15) is 0 Å². The van der Waals surface area contributed by atoms with E-state index in [2.05, 4.69) is 0 Å². The van der Waals surface area contributed by atoms with Gasteiger partial charge in [0, 0.05) is 6.54 Å². The molecule has 0 heterocycles. The molecule has 0 spiro atoms. The minimum Gasteiger partial charge on any atom is -0.326 e. The van der Waals surface area contributed by atoms with Gasteiger partial charge in [-0.1, -0.05) is 29.2 Å². The Balaban J connectivity index is 2.79. The van der Waals surface area contributed by atoms with Crippen molar-refractivity contribution in [3.8, 4) is 0 Å². The Morgan fingerprint density at radius 2 is 1.71 bits per heavy atom. The standard InChI is InChI=1S/C8H12N2O3S/c9-5-7-1-3-8(4-2-7)6-14(12,13)10-11/h1-4,10-11H,5-6,9H2. The van der Waals surface area contributed by atoms with Crippen LogP contribution in [0.3, 0.4) is 0 Å². The zero-order valence-corrected chi connectivity index (χ0v) is 8.29. The maximum absolute atomic E-state index is 10.9. The van der Waals surface area contributed by atoms with Crippen molar-refractivity contribution in [3.05, 3.63) is 35.4 Å². The maximum atomic E-state index is 10.9. The molecule has 1 aromatic carbocycles. The van der Waals surface area contributed by atoms with Crippen LogP contribution in [0.4, 0.5) is 0 Å². The van der Waals surface area contributed by atoms with Crippen molar-refractivity contribution in [1.29, 1.82) is 0 Å². The lowest BCUT2D eigenvalue weighted by Gasteiger charge is -2.02. The first-order valence-electron chi connectivity index (χ1n) is 3.99. The molecule has 6 heteroatoms. The van der Waals surface area contributed by atoms with Crippen LogP contribution in [0.2, 0.25) is 0 Å². The van der Waals surface area contributed by atoms with Crippen LogP contribution in [0.15, 0.2) is 24.3 Å². The summed E-state index contributed by atoms with van der Waals surface area (Å²) in [5.41, 5.74) is 6.92. The van der Waals surface area contributed by atoms with Crippen molar-refractivity contribution in [2.24, 2.45) is 5.73 Å². The largest absolute Gasteiger partial charge is 0.326 e. The van der Waals surface area contributed by atoms with Crippen LogP contribution in [-0.4, -0.2) is 13.6 Å². The molecule has 0 amide bonds. The fraction of sp³-hybridized carbons (Fsp3) is 0.250. The lowest BCUT2D eigenvalue weighted by Crippen LogP contribution is -2.21. The van der Waals surface area contributed by atoms with Crippen molar-refractivity contribution in [1.82, 2.24) is 4.89 Å². The zero-order chi connectivity index (χ0) is 10.6. The Labute approximate surface area is 82.6 Å². The Morgan fingerprint density at radius 1 is 1.21 bits per heavy atom. The molecule has 78 valence electrons. The fourth-order valence-electron chi connectivity index (χ4n) is 1.02. The van der Waals surface area contributed by atoms with Gasteiger partial charge in [0.15, 0.2) is 0 Å². The van der Waals surface area contributed by atoms with Crippen LogP contribution < -0.4 is 10.6 Å². The summed E-state index contributed by atoms with van der Waals surface area (Å²) in [7, 11) is -3.62. The van der Waals surface area contributed by atoms with E-state index in [1.807, 2.05) is 0 Å². The minimum absolute atomic E-state index is 0.242. The van der Waals surface area contributed by atoms with E-state index in [0.717, 1.165) is 5.56 Å². The monoisotopic (exact) mass is 216 g/mol. The average Bonchev–Trinajstić information content (AvgIpc) is 2.19. The van der Waals surface area contributed by atoms with E-state index >= 15 is 0 Å². The number of hydrogen-bond acceptors (Lipinski definition) is 4. The smallest absolute Gasteiger partial charge is 0.237 e. The molecule has 1 rings (SSSR count). The summed E-state index contributed by atoms with van der Waals surface area (Å²) in [5, 5.41) is 8.30. The van der Waals surface area contributed by atoms with E-state index in [-0.39, 0.29) is 5.75 Å². The number of nitrogens with two attached hydrogens (primary N) is 1. The van der Waals surface area contributed by atoms with Crippen LogP contribution in [0.25, 0.3) is 0 Å². The van der Waals surface area contributed by atoms with E-state index in [9.17, 15) is 8.42 Å². The Hall–Kier alpha value is -0.950. The normalized spacial score (nSPS) is 11.6. The SMILES string of the molecule is NCc1ccc(CS(=O)(=O)NO)cc1. The molecular formula is C8H12N2O3S. The third kappa shape index (κ3) is 3.08. The highest BCUT2D eigenvalue weighted by molar-refractivity contribution is 7.88. The van der Waals surface area contributed by atoms with Crippen molar-refractivity contribution in [2.45, 2.75) is 12.3 Å². The van der Waals surface area contributed by atoms with Gasteiger partial charge in [-0.25, -0.2) is 8.42 Å². The highest BCUT2D eigenvalue weighted by atomic mass is 32.2. The van der Waals surface area contributed by atoms with E-state index in [0.29, 0.717) is 12.1 Å². The van der Waals surface area contributed by atoms with E-state index < -0.39 is 10.0 Å². The molecule has 0 bridgehead atoms. The summed E-state index contributed by atoms with van der Waals surface area (Å²) in [6, 6.07) is 6.83. The average molecular weight is 216 g/mol. The second kappa shape index (κ2) is 4.52. The van der Waals surface area contributed by atoms with E-state index in [1.54, 1.807) is 24.3 Å². The van der Waals surface area contributed by atoms with Crippen LogP contribution >= 0.6 is 0 Å². The van der Waals surface area contributed by atoms with Gasteiger partial charge in [0.2, 0.25) is 10.0 Å². The van der Waals surface area contributed by atoms with Gasteiger partial charge >= 0.3 is 0 Å². The van der Waals surface area contributed by atoms with Gasteiger partial charge in [0.25, 0.3) is 0 Å². The lowest BCUT2D eigenvalue weighted by molar-refractivity contribution is 0.242. The minimum atomic E-state index is -3.62. The first-order valence-corrected chi connectivity index (χ1v) is 5.64. The predicted molar refractivity (Wildman–Crippen MR) is 51.9 cm³/mol. The summed E-state index contributed by atoms with van der Waals surface area (Å²) >= 11 is 0. The second-order valence-electron chi connectivity index (χ2n) is 2.87. The highest BCUT2D eigenvalue weighted by Gasteiger charge is 2.08. The van der Waals surface area contributed by atoms with Crippen LogP contribution in [-0.2, 0) is 22.3 Å². The van der Waals surface area contributed by atoms with Crippen LogP contribution in [0.5, 0.6) is 0 Å². The van der Waals surface area contributed by atoms with Gasteiger partial charge in [-0.05, 0) is 11.1 Å². The van der Waals surface area contributed by atoms with Crippen molar-refractivity contribution in [2.75, 3.05) is 0 Å². The Kier molecular flexibility index (Phi) is 3.59. The molecule has 0 atom stereocenters. The summed E-state index contributed by atoms with van der Waals surface area (Å²) in [4.78, 5) is 1.27. The fourth-order valence-corrected chi connectivity index (χ4v) is 1.72. The molecule has 0 aliphatic heterocycles. The number of sulfonamides is 1. The first-order chi connectivity index (χ1) is 6.57.